The number of nitrogens with two attached hydrogens (primary N) is 1. The number of thioether (sulfide) groups is 1. The summed E-state index contributed by atoms with van der Waals surface area (Å²) in [5, 5.41) is -0.428. The van der Waals surface area contributed by atoms with Gasteiger partial charge < -0.3 is 19.9 Å². The van der Waals surface area contributed by atoms with Crippen molar-refractivity contribution < 1.29 is 14.2 Å². The van der Waals surface area contributed by atoms with Gasteiger partial charge in [0.05, 0.1) is 31.7 Å². The van der Waals surface area contributed by atoms with Crippen molar-refractivity contribution in [3.8, 4) is 0 Å². The lowest BCUT2D eigenvalue weighted by Crippen LogP contribution is -2.40. The molecule has 4 aromatic rings. The van der Waals surface area contributed by atoms with Crippen LogP contribution in [0.25, 0.3) is 0 Å². The van der Waals surface area contributed by atoms with Gasteiger partial charge in [-0.2, -0.15) is 4.98 Å². The second-order valence-corrected chi connectivity index (χ2v) is 10.5. The van der Waals surface area contributed by atoms with Gasteiger partial charge in [0.25, 0.3) is 0 Å². The van der Waals surface area contributed by atoms with Gasteiger partial charge in [-0.1, -0.05) is 91.0 Å². The van der Waals surface area contributed by atoms with Crippen molar-refractivity contribution in [3.63, 3.8) is 0 Å². The Balaban J connectivity index is 1.40. The average Bonchev–Trinajstić information content (AvgIpc) is 3.29. The molecule has 0 unspecified atom stereocenters. The van der Waals surface area contributed by atoms with E-state index in [1.807, 2.05) is 91.0 Å². The van der Waals surface area contributed by atoms with E-state index in [0.29, 0.717) is 26.4 Å². The molecular weight excluding hydrogens is 498 g/mol. The van der Waals surface area contributed by atoms with Crippen LogP contribution in [0.4, 0.5) is 5.82 Å². The van der Waals surface area contributed by atoms with Crippen molar-refractivity contribution in [1.82, 2.24) is 9.55 Å². The van der Waals surface area contributed by atoms with E-state index in [4.69, 9.17) is 19.9 Å². The zero-order valence-electron chi connectivity index (χ0n) is 21.0. The van der Waals surface area contributed by atoms with Crippen LogP contribution in [-0.2, 0) is 34.0 Å². The van der Waals surface area contributed by atoms with Crippen LogP contribution in [0.2, 0.25) is 0 Å². The maximum atomic E-state index is 12.9. The van der Waals surface area contributed by atoms with Crippen molar-refractivity contribution in [2.24, 2.45) is 0 Å². The number of benzene rings is 3. The van der Waals surface area contributed by atoms with Crippen LogP contribution in [0.1, 0.15) is 22.1 Å². The highest BCUT2D eigenvalue weighted by Gasteiger charge is 2.47. The normalized spacial score (nSPS) is 20.9. The molecule has 1 aromatic heterocycles. The molecule has 0 amide bonds. The van der Waals surface area contributed by atoms with E-state index in [1.54, 1.807) is 28.6 Å². The molecule has 0 spiro atoms. The topological polar surface area (TPSA) is 88.6 Å². The van der Waals surface area contributed by atoms with Gasteiger partial charge in [-0.15, -0.1) is 11.8 Å². The highest BCUT2D eigenvalue weighted by Crippen LogP contribution is 2.45. The third kappa shape index (κ3) is 6.71. The Morgan fingerprint density at radius 2 is 1.26 bits per heavy atom. The number of anilines is 1. The van der Waals surface area contributed by atoms with Gasteiger partial charge in [0, 0.05) is 6.20 Å². The lowest BCUT2D eigenvalue weighted by atomic mass is 10.1. The number of aromatic nitrogens is 2. The van der Waals surface area contributed by atoms with Crippen LogP contribution in [0, 0.1) is 0 Å². The minimum atomic E-state index is -0.419. The van der Waals surface area contributed by atoms with Gasteiger partial charge in [-0.05, 0) is 22.8 Å². The highest BCUT2D eigenvalue weighted by atomic mass is 32.2. The molecular formula is C30H31N3O4S. The Kier molecular flexibility index (Phi) is 8.88. The molecule has 8 heteroatoms. The molecule has 1 fully saturated rings. The van der Waals surface area contributed by atoms with Gasteiger partial charge >= 0.3 is 5.69 Å². The summed E-state index contributed by atoms with van der Waals surface area (Å²) in [6.45, 7) is 1.75. The summed E-state index contributed by atoms with van der Waals surface area (Å²) in [7, 11) is 0. The number of ether oxygens (including phenoxy) is 3. The Labute approximate surface area is 226 Å². The average molecular weight is 530 g/mol. The van der Waals surface area contributed by atoms with E-state index in [0.717, 1.165) is 16.7 Å². The summed E-state index contributed by atoms with van der Waals surface area (Å²) in [6.07, 6.45) is 0.939. The fourth-order valence-electron chi connectivity index (χ4n) is 4.47. The molecule has 1 aliphatic heterocycles. The van der Waals surface area contributed by atoms with Crippen LogP contribution in [0.5, 0.6) is 0 Å². The van der Waals surface area contributed by atoms with E-state index in [1.165, 1.54) is 0 Å². The molecule has 2 N–H and O–H groups in total. The Bertz CT molecular complexity index is 1340. The minimum Gasteiger partial charge on any atom is -0.383 e. The monoisotopic (exact) mass is 529 g/mol. The van der Waals surface area contributed by atoms with Crippen LogP contribution in [-0.4, -0.2) is 33.6 Å². The summed E-state index contributed by atoms with van der Waals surface area (Å²) in [5.41, 5.74) is 8.58. The maximum absolute atomic E-state index is 12.9. The molecule has 0 bridgehead atoms. The molecule has 7 nitrogen and oxygen atoms in total. The summed E-state index contributed by atoms with van der Waals surface area (Å²) < 4.78 is 20.8. The summed E-state index contributed by atoms with van der Waals surface area (Å²) in [5.74, 6) is 0.190. The highest BCUT2D eigenvalue weighted by molar-refractivity contribution is 8.00. The van der Waals surface area contributed by atoms with Gasteiger partial charge in [-0.3, -0.25) is 4.57 Å². The van der Waals surface area contributed by atoms with Crippen molar-refractivity contribution in [2.45, 2.75) is 42.7 Å². The standard InChI is InChI=1S/C30H31N3O4S/c31-26-16-17-33(30(34)32-26)29-28(37-20-24-14-8-3-9-15-24)27(36-19-23-12-6-2-7-13-23)25(38-29)21-35-18-22-10-4-1-5-11-22/h1-17,25,27-29H,18-21H2,(H2,31,32,34)/t25-,27+,28-,29-/m0/s1. The van der Waals surface area contributed by atoms with Gasteiger partial charge in [0.1, 0.15) is 23.4 Å². The van der Waals surface area contributed by atoms with E-state index in [2.05, 4.69) is 4.98 Å². The summed E-state index contributed by atoms with van der Waals surface area (Å²) in [6, 6.07) is 31.7. The molecule has 196 valence electrons. The van der Waals surface area contributed by atoms with E-state index in [9.17, 15) is 4.79 Å². The molecule has 3 aromatic carbocycles. The number of hydrogen-bond donors (Lipinski definition) is 1. The minimum absolute atomic E-state index is 0.0716. The first-order valence-electron chi connectivity index (χ1n) is 12.6. The van der Waals surface area contributed by atoms with Crippen molar-refractivity contribution in [3.05, 3.63) is 130 Å². The molecule has 0 saturated carbocycles. The molecule has 4 atom stereocenters. The first-order valence-corrected chi connectivity index (χ1v) is 13.5. The predicted molar refractivity (Wildman–Crippen MR) is 149 cm³/mol. The third-order valence-electron chi connectivity index (χ3n) is 6.38. The second-order valence-electron chi connectivity index (χ2n) is 9.13. The largest absolute Gasteiger partial charge is 0.383 e. The fourth-order valence-corrected chi connectivity index (χ4v) is 6.07. The smallest absolute Gasteiger partial charge is 0.350 e. The zero-order valence-corrected chi connectivity index (χ0v) is 21.8. The first kappa shape index (κ1) is 26.2. The van der Waals surface area contributed by atoms with E-state index >= 15 is 0 Å². The Morgan fingerprint density at radius 3 is 1.82 bits per heavy atom. The Morgan fingerprint density at radius 1 is 0.737 bits per heavy atom. The zero-order chi connectivity index (χ0) is 26.2. The quantitative estimate of drug-likeness (QED) is 0.298. The number of hydrogen-bond acceptors (Lipinski definition) is 7. The fraction of sp³-hybridized carbons (Fsp3) is 0.267. The molecule has 1 aliphatic rings. The second kappa shape index (κ2) is 12.9. The van der Waals surface area contributed by atoms with E-state index < -0.39 is 11.8 Å². The lowest BCUT2D eigenvalue weighted by Gasteiger charge is -2.27. The summed E-state index contributed by atoms with van der Waals surface area (Å²) >= 11 is 1.61. The molecule has 0 radical (unpaired) electrons. The van der Waals surface area contributed by atoms with Gasteiger partial charge in [-0.25, -0.2) is 4.79 Å². The first-order chi connectivity index (χ1) is 18.7. The number of nitrogens with zero attached hydrogens (tertiary/aromatic N) is 2. The molecule has 2 heterocycles. The Hall–Kier alpha value is -3.43. The number of rotatable bonds is 11. The molecule has 38 heavy (non-hydrogen) atoms. The lowest BCUT2D eigenvalue weighted by molar-refractivity contribution is -0.0920. The molecule has 1 saturated heterocycles. The molecule has 0 aliphatic carbocycles. The van der Waals surface area contributed by atoms with Crippen LogP contribution in [0.3, 0.4) is 0 Å². The SMILES string of the molecule is Nc1ccn([C@H]2S[C@@H](COCc3ccccc3)[C@@H](OCc3ccccc3)[C@@H]2OCc2ccccc2)c(=O)n1. The van der Waals surface area contributed by atoms with Crippen LogP contribution in [0.15, 0.2) is 108 Å². The van der Waals surface area contributed by atoms with Gasteiger partial charge in [0.2, 0.25) is 0 Å². The van der Waals surface area contributed by atoms with Crippen molar-refractivity contribution in [2.75, 3.05) is 12.3 Å². The van der Waals surface area contributed by atoms with Crippen molar-refractivity contribution >= 4 is 17.6 Å². The summed E-state index contributed by atoms with van der Waals surface area (Å²) in [4.78, 5) is 16.8. The van der Waals surface area contributed by atoms with Crippen LogP contribution >= 0.6 is 11.8 Å². The predicted octanol–water partition coefficient (Wildman–Crippen LogP) is 4.83. The van der Waals surface area contributed by atoms with Gasteiger partial charge in [0.15, 0.2) is 0 Å². The molecule has 5 rings (SSSR count). The maximum Gasteiger partial charge on any atom is 0.350 e. The number of nitrogen functional groups attached to an aromatic ring is 1. The van der Waals surface area contributed by atoms with Crippen LogP contribution < -0.4 is 11.4 Å². The third-order valence-corrected chi connectivity index (χ3v) is 7.90. The van der Waals surface area contributed by atoms with E-state index in [-0.39, 0.29) is 22.5 Å². The van der Waals surface area contributed by atoms with Crippen molar-refractivity contribution in [1.29, 1.82) is 0 Å².